The van der Waals surface area contributed by atoms with Gasteiger partial charge in [0.05, 0.1) is 0 Å². The van der Waals surface area contributed by atoms with Crippen LogP contribution in [0.15, 0.2) is 0 Å². The Morgan fingerprint density at radius 2 is 1.72 bits per heavy atom. The average molecular weight is 273 g/mol. The highest BCUT2D eigenvalue weighted by molar-refractivity contribution is 5.85. The number of halogens is 1. The van der Waals surface area contributed by atoms with Crippen LogP contribution >= 0.6 is 12.4 Å². The van der Waals surface area contributed by atoms with Crippen LogP contribution in [0.3, 0.4) is 0 Å². The molecular weight excluding hydrogens is 248 g/mol. The van der Waals surface area contributed by atoms with E-state index in [0.717, 1.165) is 38.0 Å². The SMILES string of the molecule is Cl.O=C(C1CC1C1CCCCC1)N1CCNCC1. The number of nitrogens with one attached hydrogen (secondary N) is 1. The van der Waals surface area contributed by atoms with Crippen molar-refractivity contribution in [2.75, 3.05) is 26.2 Å². The first-order valence-corrected chi connectivity index (χ1v) is 7.36. The lowest BCUT2D eigenvalue weighted by Crippen LogP contribution is -2.47. The minimum Gasteiger partial charge on any atom is -0.340 e. The molecule has 0 spiro atoms. The number of hydrogen-bond donors (Lipinski definition) is 1. The van der Waals surface area contributed by atoms with Crippen molar-refractivity contribution in [1.82, 2.24) is 10.2 Å². The van der Waals surface area contributed by atoms with Crippen molar-refractivity contribution in [3.8, 4) is 0 Å². The number of rotatable bonds is 2. The normalized spacial score (nSPS) is 32.8. The number of carbonyl (C=O) groups is 1. The minimum atomic E-state index is 0. The third-order valence-corrected chi connectivity index (χ3v) is 4.84. The molecule has 18 heavy (non-hydrogen) atoms. The van der Waals surface area contributed by atoms with Crippen molar-refractivity contribution in [2.45, 2.75) is 38.5 Å². The highest BCUT2D eigenvalue weighted by atomic mass is 35.5. The number of carbonyl (C=O) groups excluding carboxylic acids is 1. The van der Waals surface area contributed by atoms with Gasteiger partial charge in [-0.05, 0) is 18.3 Å². The van der Waals surface area contributed by atoms with E-state index in [4.69, 9.17) is 0 Å². The molecule has 1 aliphatic heterocycles. The Labute approximate surface area is 116 Å². The van der Waals surface area contributed by atoms with Crippen LogP contribution in [0.1, 0.15) is 38.5 Å². The molecule has 3 rings (SSSR count). The van der Waals surface area contributed by atoms with Crippen molar-refractivity contribution in [3.05, 3.63) is 0 Å². The molecule has 0 aromatic heterocycles. The molecule has 0 radical (unpaired) electrons. The molecule has 1 amide bonds. The monoisotopic (exact) mass is 272 g/mol. The first-order valence-electron chi connectivity index (χ1n) is 7.36. The van der Waals surface area contributed by atoms with Gasteiger partial charge >= 0.3 is 0 Å². The smallest absolute Gasteiger partial charge is 0.226 e. The minimum absolute atomic E-state index is 0. The summed E-state index contributed by atoms with van der Waals surface area (Å²) in [5, 5.41) is 3.31. The van der Waals surface area contributed by atoms with Crippen molar-refractivity contribution >= 4 is 18.3 Å². The van der Waals surface area contributed by atoms with Crippen molar-refractivity contribution in [1.29, 1.82) is 0 Å². The molecule has 1 N–H and O–H groups in total. The molecule has 1 heterocycles. The summed E-state index contributed by atoms with van der Waals surface area (Å²) in [5.74, 6) is 2.48. The molecule has 2 atom stereocenters. The fourth-order valence-electron chi connectivity index (χ4n) is 3.70. The molecule has 1 saturated heterocycles. The predicted octanol–water partition coefficient (Wildman–Crippen LogP) is 2.06. The fourth-order valence-corrected chi connectivity index (χ4v) is 3.70. The number of amides is 1. The lowest BCUT2D eigenvalue weighted by atomic mass is 9.85. The van der Waals surface area contributed by atoms with Gasteiger partial charge < -0.3 is 10.2 Å². The second kappa shape index (κ2) is 6.25. The van der Waals surface area contributed by atoms with Crippen LogP contribution in [0, 0.1) is 17.8 Å². The van der Waals surface area contributed by atoms with Gasteiger partial charge in [-0.1, -0.05) is 32.1 Å². The van der Waals surface area contributed by atoms with Crippen LogP contribution in [-0.2, 0) is 4.79 Å². The number of piperazine rings is 1. The highest BCUT2D eigenvalue weighted by Crippen LogP contribution is 2.50. The summed E-state index contributed by atoms with van der Waals surface area (Å²) < 4.78 is 0. The summed E-state index contributed by atoms with van der Waals surface area (Å²) in [6.45, 7) is 3.80. The van der Waals surface area contributed by atoms with Crippen molar-refractivity contribution < 1.29 is 4.79 Å². The molecule has 3 fully saturated rings. The van der Waals surface area contributed by atoms with Gasteiger partial charge in [-0.25, -0.2) is 0 Å². The second-order valence-corrected chi connectivity index (χ2v) is 5.98. The van der Waals surface area contributed by atoms with Crippen LogP contribution in [0.5, 0.6) is 0 Å². The summed E-state index contributed by atoms with van der Waals surface area (Å²) in [7, 11) is 0. The maximum atomic E-state index is 12.3. The maximum absolute atomic E-state index is 12.3. The van der Waals surface area contributed by atoms with Gasteiger partial charge in [0.25, 0.3) is 0 Å². The Morgan fingerprint density at radius 1 is 1.06 bits per heavy atom. The molecule has 3 aliphatic rings. The first-order chi connectivity index (χ1) is 8.36. The Morgan fingerprint density at radius 3 is 2.39 bits per heavy atom. The largest absolute Gasteiger partial charge is 0.340 e. The lowest BCUT2D eigenvalue weighted by Gasteiger charge is -2.28. The average Bonchev–Trinajstić information content (AvgIpc) is 3.20. The van der Waals surface area contributed by atoms with Crippen LogP contribution in [-0.4, -0.2) is 37.0 Å². The molecule has 2 saturated carbocycles. The van der Waals surface area contributed by atoms with Gasteiger partial charge in [0.1, 0.15) is 0 Å². The third kappa shape index (κ3) is 3.00. The Kier molecular flexibility index (Phi) is 4.91. The van der Waals surface area contributed by atoms with E-state index in [-0.39, 0.29) is 12.4 Å². The Hall–Kier alpha value is -0.280. The van der Waals surface area contributed by atoms with E-state index in [2.05, 4.69) is 10.2 Å². The van der Waals surface area contributed by atoms with Gasteiger partial charge in [0.2, 0.25) is 5.91 Å². The standard InChI is InChI=1S/C14H24N2O.ClH/c17-14(16-8-6-15-7-9-16)13-10-12(13)11-4-2-1-3-5-11;/h11-13,15H,1-10H2;1H. The van der Waals surface area contributed by atoms with E-state index < -0.39 is 0 Å². The van der Waals surface area contributed by atoms with Gasteiger partial charge in [-0.15, -0.1) is 12.4 Å². The summed E-state index contributed by atoms with van der Waals surface area (Å²) in [6.07, 6.45) is 8.17. The van der Waals surface area contributed by atoms with Crippen LogP contribution in [0.4, 0.5) is 0 Å². The molecule has 2 unspecified atom stereocenters. The van der Waals surface area contributed by atoms with E-state index in [1.165, 1.54) is 38.5 Å². The zero-order chi connectivity index (χ0) is 11.7. The first kappa shape index (κ1) is 14.1. The quantitative estimate of drug-likeness (QED) is 0.835. The second-order valence-electron chi connectivity index (χ2n) is 5.98. The summed E-state index contributed by atoms with van der Waals surface area (Å²) in [6, 6.07) is 0. The van der Waals surface area contributed by atoms with Crippen molar-refractivity contribution in [2.24, 2.45) is 17.8 Å². The number of hydrogen-bond acceptors (Lipinski definition) is 2. The summed E-state index contributed by atoms with van der Waals surface area (Å²) >= 11 is 0. The zero-order valence-corrected chi connectivity index (χ0v) is 11.9. The van der Waals surface area contributed by atoms with Crippen molar-refractivity contribution in [3.63, 3.8) is 0 Å². The summed E-state index contributed by atoms with van der Waals surface area (Å²) in [4.78, 5) is 14.4. The maximum Gasteiger partial charge on any atom is 0.226 e. The molecule has 4 heteroatoms. The number of nitrogens with zero attached hydrogens (tertiary/aromatic N) is 1. The molecule has 2 aliphatic carbocycles. The molecule has 3 nitrogen and oxygen atoms in total. The van der Waals surface area contributed by atoms with E-state index in [1.54, 1.807) is 0 Å². The van der Waals surface area contributed by atoms with Gasteiger partial charge in [-0.3, -0.25) is 4.79 Å². The van der Waals surface area contributed by atoms with E-state index in [1.807, 2.05) is 0 Å². The van der Waals surface area contributed by atoms with Crippen LogP contribution in [0.25, 0.3) is 0 Å². The molecular formula is C14H25ClN2O. The van der Waals surface area contributed by atoms with Gasteiger partial charge in [0, 0.05) is 32.1 Å². The fraction of sp³-hybridized carbons (Fsp3) is 0.929. The Balaban J connectivity index is 0.00000120. The van der Waals surface area contributed by atoms with Gasteiger partial charge in [0.15, 0.2) is 0 Å². The highest BCUT2D eigenvalue weighted by Gasteiger charge is 2.48. The molecule has 0 bridgehead atoms. The van der Waals surface area contributed by atoms with E-state index in [0.29, 0.717) is 11.8 Å². The van der Waals surface area contributed by atoms with E-state index >= 15 is 0 Å². The summed E-state index contributed by atoms with van der Waals surface area (Å²) in [5.41, 5.74) is 0. The lowest BCUT2D eigenvalue weighted by molar-refractivity contribution is -0.133. The van der Waals surface area contributed by atoms with Gasteiger partial charge in [-0.2, -0.15) is 0 Å². The zero-order valence-electron chi connectivity index (χ0n) is 11.1. The van der Waals surface area contributed by atoms with Crippen LogP contribution < -0.4 is 5.32 Å². The third-order valence-electron chi connectivity index (χ3n) is 4.84. The predicted molar refractivity (Wildman–Crippen MR) is 74.9 cm³/mol. The Bertz CT molecular complexity index is 286. The van der Waals surface area contributed by atoms with Crippen LogP contribution in [0.2, 0.25) is 0 Å². The molecule has 0 aromatic rings. The molecule has 0 aromatic carbocycles. The van der Waals surface area contributed by atoms with E-state index in [9.17, 15) is 4.79 Å². The topological polar surface area (TPSA) is 32.3 Å². The molecule has 104 valence electrons.